The molecule has 0 saturated carbocycles. The van der Waals surface area contributed by atoms with Gasteiger partial charge in [-0.2, -0.15) is 0 Å². The maximum atomic E-state index is 14.2. The second kappa shape index (κ2) is 9.19. The molecular weight excluding hydrogens is 382 g/mol. The third-order valence-electron chi connectivity index (χ3n) is 4.52. The Morgan fingerprint density at radius 3 is 2.61 bits per heavy atom. The van der Waals surface area contributed by atoms with Crippen LogP contribution in [0, 0.1) is 11.6 Å². The van der Waals surface area contributed by atoms with Crippen molar-refractivity contribution in [2.45, 2.75) is 38.0 Å². The molecule has 0 radical (unpaired) electrons. The van der Waals surface area contributed by atoms with Crippen molar-refractivity contribution in [1.29, 1.82) is 0 Å². The summed E-state index contributed by atoms with van der Waals surface area (Å²) >= 11 is 1.38. The Labute approximate surface area is 167 Å². The molecule has 4 nitrogen and oxygen atoms in total. The number of nitrogens with zero attached hydrogens (tertiary/aromatic N) is 1. The Morgan fingerprint density at radius 1 is 1.18 bits per heavy atom. The van der Waals surface area contributed by atoms with E-state index in [-0.39, 0.29) is 23.3 Å². The van der Waals surface area contributed by atoms with Crippen LogP contribution in [0.2, 0.25) is 0 Å². The number of hydrogen-bond acceptors (Lipinski definition) is 3. The molecule has 0 aromatic heterocycles. The van der Waals surface area contributed by atoms with E-state index in [2.05, 4.69) is 12.2 Å². The number of thioether (sulfide) groups is 1. The lowest BCUT2D eigenvalue weighted by Crippen LogP contribution is -2.28. The number of amides is 2. The number of benzene rings is 2. The standard InChI is InChI=1S/C21H22F2N2O2S/c1-2-3-4-5-19(26)24-16-9-6-14(7-10-16)21-25(20(27)13-28-21)18-11-8-15(22)12-17(18)23/h6-12,21H,2-5,13H2,1H3,(H,24,26). The highest BCUT2D eigenvalue weighted by Gasteiger charge is 2.35. The number of halogens is 2. The minimum absolute atomic E-state index is 0.0263. The molecular formula is C21H22F2N2O2S. The SMILES string of the molecule is CCCCCC(=O)Nc1ccc(C2SCC(=O)N2c2ccc(F)cc2F)cc1. The topological polar surface area (TPSA) is 49.4 Å². The van der Waals surface area contributed by atoms with E-state index in [1.807, 2.05) is 12.1 Å². The molecule has 1 N–H and O–H groups in total. The molecule has 1 saturated heterocycles. The normalized spacial score (nSPS) is 16.5. The van der Waals surface area contributed by atoms with Crippen LogP contribution in [0.1, 0.15) is 43.5 Å². The van der Waals surface area contributed by atoms with E-state index in [4.69, 9.17) is 0 Å². The maximum Gasteiger partial charge on any atom is 0.238 e. The zero-order chi connectivity index (χ0) is 20.1. The third-order valence-corrected chi connectivity index (χ3v) is 5.74. The van der Waals surface area contributed by atoms with E-state index < -0.39 is 17.0 Å². The molecule has 2 aromatic carbocycles. The summed E-state index contributed by atoms with van der Waals surface area (Å²) in [5.41, 5.74) is 1.55. The van der Waals surface area contributed by atoms with Crippen molar-refractivity contribution < 1.29 is 18.4 Å². The molecule has 0 bridgehead atoms. The fraction of sp³-hybridized carbons (Fsp3) is 0.333. The van der Waals surface area contributed by atoms with Crippen molar-refractivity contribution in [1.82, 2.24) is 0 Å². The molecule has 7 heteroatoms. The van der Waals surface area contributed by atoms with Crippen molar-refractivity contribution in [3.8, 4) is 0 Å². The van der Waals surface area contributed by atoms with Gasteiger partial charge in [0, 0.05) is 18.2 Å². The number of hydrogen-bond donors (Lipinski definition) is 1. The van der Waals surface area contributed by atoms with Gasteiger partial charge in [-0.1, -0.05) is 31.9 Å². The summed E-state index contributed by atoms with van der Waals surface area (Å²) in [6.45, 7) is 2.09. The average Bonchev–Trinajstić information content (AvgIpc) is 3.04. The van der Waals surface area contributed by atoms with Gasteiger partial charge in [0.15, 0.2) is 0 Å². The Morgan fingerprint density at radius 2 is 1.93 bits per heavy atom. The van der Waals surface area contributed by atoms with Crippen LogP contribution in [-0.4, -0.2) is 17.6 Å². The van der Waals surface area contributed by atoms with Gasteiger partial charge in [-0.25, -0.2) is 8.78 Å². The average molecular weight is 404 g/mol. The Hall–Kier alpha value is -2.41. The minimum Gasteiger partial charge on any atom is -0.326 e. The summed E-state index contributed by atoms with van der Waals surface area (Å²) in [7, 11) is 0. The predicted octanol–water partition coefficient (Wildman–Crippen LogP) is 5.26. The quantitative estimate of drug-likeness (QED) is 0.640. The van der Waals surface area contributed by atoms with Gasteiger partial charge >= 0.3 is 0 Å². The lowest BCUT2D eigenvalue weighted by molar-refractivity contribution is -0.116. The molecule has 2 aromatic rings. The number of carbonyl (C=O) groups is 2. The van der Waals surface area contributed by atoms with E-state index >= 15 is 0 Å². The van der Waals surface area contributed by atoms with Gasteiger partial charge in [-0.05, 0) is 36.2 Å². The summed E-state index contributed by atoms with van der Waals surface area (Å²) < 4.78 is 27.4. The first-order valence-corrected chi connectivity index (χ1v) is 10.3. The molecule has 1 aliphatic heterocycles. The molecule has 28 heavy (non-hydrogen) atoms. The fourth-order valence-corrected chi connectivity index (χ4v) is 4.27. The highest BCUT2D eigenvalue weighted by Crippen LogP contribution is 2.42. The first-order chi connectivity index (χ1) is 13.5. The Bertz CT molecular complexity index is 858. The largest absolute Gasteiger partial charge is 0.326 e. The second-order valence-electron chi connectivity index (χ2n) is 6.65. The number of unbranched alkanes of at least 4 members (excludes halogenated alkanes) is 2. The van der Waals surface area contributed by atoms with Crippen LogP contribution in [0.15, 0.2) is 42.5 Å². The fourth-order valence-electron chi connectivity index (χ4n) is 3.10. The van der Waals surface area contributed by atoms with Crippen molar-refractivity contribution in [2.75, 3.05) is 16.0 Å². The van der Waals surface area contributed by atoms with Gasteiger partial charge < -0.3 is 5.32 Å². The van der Waals surface area contributed by atoms with Crippen molar-refractivity contribution in [3.05, 3.63) is 59.7 Å². The summed E-state index contributed by atoms with van der Waals surface area (Å²) in [5, 5.41) is 2.46. The molecule has 1 aliphatic rings. The van der Waals surface area contributed by atoms with Gasteiger partial charge in [0.2, 0.25) is 11.8 Å². The van der Waals surface area contributed by atoms with Crippen molar-refractivity contribution in [3.63, 3.8) is 0 Å². The second-order valence-corrected chi connectivity index (χ2v) is 7.72. The van der Waals surface area contributed by atoms with Crippen LogP contribution in [0.3, 0.4) is 0 Å². The lowest BCUT2D eigenvalue weighted by atomic mass is 10.1. The van der Waals surface area contributed by atoms with Gasteiger partial charge in [-0.3, -0.25) is 14.5 Å². The summed E-state index contributed by atoms with van der Waals surface area (Å²) in [6.07, 6.45) is 3.43. The zero-order valence-corrected chi connectivity index (χ0v) is 16.4. The molecule has 148 valence electrons. The smallest absolute Gasteiger partial charge is 0.238 e. The van der Waals surface area contributed by atoms with E-state index in [9.17, 15) is 18.4 Å². The predicted molar refractivity (Wildman–Crippen MR) is 108 cm³/mol. The van der Waals surface area contributed by atoms with Gasteiger partial charge in [0.1, 0.15) is 17.0 Å². The van der Waals surface area contributed by atoms with E-state index in [1.165, 1.54) is 22.7 Å². The highest BCUT2D eigenvalue weighted by atomic mass is 32.2. The monoisotopic (exact) mass is 404 g/mol. The first kappa shape index (κ1) is 20.3. The molecule has 3 rings (SSSR count). The van der Waals surface area contributed by atoms with Crippen LogP contribution in [0.4, 0.5) is 20.2 Å². The van der Waals surface area contributed by atoms with E-state index in [1.54, 1.807) is 12.1 Å². The van der Waals surface area contributed by atoms with Crippen molar-refractivity contribution >= 4 is 35.0 Å². The minimum atomic E-state index is -0.767. The zero-order valence-electron chi connectivity index (χ0n) is 15.6. The van der Waals surface area contributed by atoms with Crippen LogP contribution in [0.25, 0.3) is 0 Å². The van der Waals surface area contributed by atoms with Crippen molar-refractivity contribution in [2.24, 2.45) is 0 Å². The number of nitrogens with one attached hydrogen (secondary N) is 1. The van der Waals surface area contributed by atoms with E-state index in [0.717, 1.165) is 37.0 Å². The number of anilines is 2. The van der Waals surface area contributed by atoms with Crippen LogP contribution in [0.5, 0.6) is 0 Å². The summed E-state index contributed by atoms with van der Waals surface area (Å²) in [6, 6.07) is 10.4. The molecule has 0 spiro atoms. The molecule has 1 fully saturated rings. The number of carbonyl (C=O) groups excluding carboxylic acids is 2. The highest BCUT2D eigenvalue weighted by molar-refractivity contribution is 8.00. The molecule has 2 amide bonds. The van der Waals surface area contributed by atoms with Crippen LogP contribution in [-0.2, 0) is 9.59 Å². The Balaban J connectivity index is 1.73. The van der Waals surface area contributed by atoms with Gasteiger partial charge in [0.25, 0.3) is 0 Å². The summed E-state index contributed by atoms with van der Waals surface area (Å²) in [5.74, 6) is -1.49. The molecule has 1 unspecified atom stereocenters. The molecule has 1 atom stereocenters. The number of rotatable bonds is 7. The Kier molecular flexibility index (Phi) is 6.67. The van der Waals surface area contributed by atoms with Gasteiger partial charge in [0.05, 0.1) is 11.4 Å². The van der Waals surface area contributed by atoms with E-state index in [0.29, 0.717) is 12.1 Å². The molecule has 1 heterocycles. The third kappa shape index (κ3) is 4.70. The van der Waals surface area contributed by atoms with Gasteiger partial charge in [-0.15, -0.1) is 11.8 Å². The van der Waals surface area contributed by atoms with Crippen LogP contribution >= 0.6 is 11.8 Å². The maximum absolute atomic E-state index is 14.2. The summed E-state index contributed by atoms with van der Waals surface area (Å²) in [4.78, 5) is 25.6. The lowest BCUT2D eigenvalue weighted by Gasteiger charge is -2.25. The first-order valence-electron chi connectivity index (χ1n) is 9.28. The molecule has 0 aliphatic carbocycles. The van der Waals surface area contributed by atoms with Crippen LogP contribution < -0.4 is 10.2 Å².